The standard InChI is InChI=1S/C3H3As.In/c1-2-3-4;/h1-3H;. The molecule has 0 rings (SSSR count). The van der Waals surface area contributed by atoms with Gasteiger partial charge in [-0.25, -0.2) is 0 Å². The molecule has 0 fully saturated rings. The van der Waals surface area contributed by atoms with Gasteiger partial charge in [-0.3, -0.25) is 0 Å². The van der Waals surface area contributed by atoms with Crippen LogP contribution in [0.5, 0.6) is 0 Å². The summed E-state index contributed by atoms with van der Waals surface area (Å²) in [6.45, 7) is 0. The van der Waals surface area contributed by atoms with Gasteiger partial charge in [0.05, 0.1) is 0 Å². The number of allylic oxidation sites excluding steroid dienone is 1. The summed E-state index contributed by atoms with van der Waals surface area (Å²) in [5.74, 6) is 0. The molecule has 3 radical (unpaired) electrons. The molecule has 23 valence electrons. The summed E-state index contributed by atoms with van der Waals surface area (Å²) in [6.07, 6.45) is 2.03. The molecule has 0 unspecified atom stereocenters. The number of hydrogen-bond acceptors (Lipinski definition) is 0. The van der Waals surface area contributed by atoms with Crippen molar-refractivity contribution in [2.45, 2.75) is 0 Å². The monoisotopic (exact) mass is 229 g/mol. The van der Waals surface area contributed by atoms with Crippen molar-refractivity contribution < 1.29 is 0 Å². The fourth-order valence-corrected chi connectivity index (χ4v) is 1.73. The van der Waals surface area contributed by atoms with Gasteiger partial charge in [-0.2, -0.15) is 0 Å². The van der Waals surface area contributed by atoms with Crippen molar-refractivity contribution in [2.75, 3.05) is 0 Å². The fraction of sp³-hybridized carbons (Fsp3) is 0. The molecule has 0 spiro atoms. The molecule has 0 bridgehead atoms. The second kappa shape index (κ2) is 5.04. The normalized spacial score (nSPS) is 8.80. The fourth-order valence-electron chi connectivity index (χ4n) is 0.0497. The summed E-state index contributed by atoms with van der Waals surface area (Å²) in [7, 11) is 0. The molecule has 0 aliphatic rings. The van der Waals surface area contributed by atoms with Crippen molar-refractivity contribution in [2.24, 2.45) is 0 Å². The first-order chi connectivity index (χ1) is 2.41. The van der Waals surface area contributed by atoms with E-state index < -0.39 is 0 Å². The van der Waals surface area contributed by atoms with Gasteiger partial charge in [0, 0.05) is 0 Å². The van der Waals surface area contributed by atoms with Crippen LogP contribution in [0.25, 0.3) is 0 Å². The number of hydrogen-bond donors (Lipinski definition) is 0. The van der Waals surface area contributed by atoms with Crippen LogP contribution < -0.4 is 0 Å². The van der Waals surface area contributed by atoms with Crippen molar-refractivity contribution >= 4 is 45.6 Å². The predicted molar refractivity (Wildman–Crippen MR) is 26.7 cm³/mol. The minimum atomic E-state index is 1.23. The average molecular weight is 229 g/mol. The summed E-state index contributed by atoms with van der Waals surface area (Å²) in [5, 5.41) is 0. The third-order valence-electron chi connectivity index (χ3n) is 0.197. The van der Waals surface area contributed by atoms with E-state index in [1.165, 1.54) is 24.4 Å². The SMILES string of the molecule is [As]=C/C=[CH]\[In]. The van der Waals surface area contributed by atoms with Gasteiger partial charge in [-0.05, 0) is 0 Å². The summed E-state index contributed by atoms with van der Waals surface area (Å²) in [4.78, 5) is 1.97. The van der Waals surface area contributed by atoms with Gasteiger partial charge < -0.3 is 0 Å². The van der Waals surface area contributed by atoms with Crippen LogP contribution in [0.2, 0.25) is 0 Å². The van der Waals surface area contributed by atoms with Gasteiger partial charge in [0.1, 0.15) is 0 Å². The molecule has 2 heteroatoms. The van der Waals surface area contributed by atoms with Gasteiger partial charge in [0.25, 0.3) is 0 Å². The zero-order chi connectivity index (χ0) is 4.12. The molecular weight excluding hydrogens is 226 g/mol. The molecule has 0 saturated heterocycles. The Balaban J connectivity index is 2.92. The van der Waals surface area contributed by atoms with Crippen LogP contribution in [-0.4, -0.2) is 45.6 Å². The second-order valence-electron chi connectivity index (χ2n) is 0.534. The summed E-state index contributed by atoms with van der Waals surface area (Å²) in [6, 6.07) is 0. The van der Waals surface area contributed by atoms with E-state index in [1.54, 1.807) is 0 Å². The molecule has 0 atom stereocenters. The summed E-state index contributed by atoms with van der Waals surface area (Å²) >= 11 is 3.62. The topological polar surface area (TPSA) is 0 Å². The molecule has 0 amide bonds. The van der Waals surface area contributed by atoms with Crippen LogP contribution in [0.3, 0.4) is 0 Å². The van der Waals surface area contributed by atoms with E-state index in [2.05, 4.69) is 20.2 Å². The second-order valence-corrected chi connectivity index (χ2v) is 2.26. The molecular formula is C3H3AsIn. The molecule has 0 saturated carbocycles. The van der Waals surface area contributed by atoms with E-state index in [4.69, 9.17) is 0 Å². The van der Waals surface area contributed by atoms with Crippen molar-refractivity contribution in [3.05, 3.63) is 9.91 Å². The Labute approximate surface area is 55.2 Å². The van der Waals surface area contributed by atoms with Crippen molar-refractivity contribution in [3.63, 3.8) is 0 Å². The Morgan fingerprint density at radius 1 is 1.60 bits per heavy atom. The third-order valence-corrected chi connectivity index (χ3v) is 1.19. The van der Waals surface area contributed by atoms with E-state index in [1.807, 2.05) is 10.9 Å². The Bertz CT molecular complexity index is 48.9. The zero-order valence-electron chi connectivity index (χ0n) is 2.76. The molecule has 0 aliphatic carbocycles. The van der Waals surface area contributed by atoms with Crippen LogP contribution >= 0.6 is 0 Å². The van der Waals surface area contributed by atoms with Gasteiger partial charge in [-0.15, -0.1) is 0 Å². The van der Waals surface area contributed by atoms with Crippen LogP contribution in [-0.2, 0) is 0 Å². The van der Waals surface area contributed by atoms with Crippen LogP contribution in [0.15, 0.2) is 9.91 Å². The Kier molecular flexibility index (Phi) is 6.09. The molecule has 0 aromatic carbocycles. The summed E-state index contributed by atoms with van der Waals surface area (Å²) in [5.41, 5.74) is 0. The first kappa shape index (κ1) is 6.04. The molecule has 0 heterocycles. The van der Waals surface area contributed by atoms with Gasteiger partial charge in [0.2, 0.25) is 0 Å². The molecule has 0 aromatic rings. The third kappa shape index (κ3) is 5.04. The Hall–Kier alpha value is 1.04. The van der Waals surface area contributed by atoms with E-state index in [0.717, 1.165) is 0 Å². The zero-order valence-corrected chi connectivity index (χ0v) is 7.93. The van der Waals surface area contributed by atoms with Crippen LogP contribution in [0.1, 0.15) is 0 Å². The first-order valence-corrected chi connectivity index (χ1v) is 4.24. The van der Waals surface area contributed by atoms with Crippen LogP contribution in [0.4, 0.5) is 0 Å². The molecule has 5 heavy (non-hydrogen) atoms. The van der Waals surface area contributed by atoms with Crippen molar-refractivity contribution in [1.82, 2.24) is 0 Å². The van der Waals surface area contributed by atoms with E-state index in [-0.39, 0.29) is 0 Å². The van der Waals surface area contributed by atoms with Crippen LogP contribution in [0, 0.1) is 0 Å². The van der Waals surface area contributed by atoms with Gasteiger partial charge in [0.15, 0.2) is 0 Å². The van der Waals surface area contributed by atoms with E-state index in [0.29, 0.717) is 0 Å². The Morgan fingerprint density at radius 3 is 2.20 bits per heavy atom. The summed E-state index contributed by atoms with van der Waals surface area (Å²) < 4.78 is 2.11. The average Bonchev–Trinajstić information content (AvgIpc) is 1.41. The number of rotatable bonds is 1. The Morgan fingerprint density at radius 2 is 2.20 bits per heavy atom. The van der Waals surface area contributed by atoms with Gasteiger partial charge in [-0.1, -0.05) is 0 Å². The van der Waals surface area contributed by atoms with E-state index >= 15 is 0 Å². The predicted octanol–water partition coefficient (Wildman–Crippen LogP) is -0.361. The maximum atomic E-state index is 2.39. The van der Waals surface area contributed by atoms with E-state index in [9.17, 15) is 0 Å². The molecule has 0 aliphatic heterocycles. The quantitative estimate of drug-likeness (QED) is 0.538. The molecule has 0 nitrogen and oxygen atoms in total. The minimum absolute atomic E-state index is 1.23. The molecule has 0 N–H and O–H groups in total. The van der Waals surface area contributed by atoms with Gasteiger partial charge >= 0.3 is 55.5 Å². The van der Waals surface area contributed by atoms with Crippen molar-refractivity contribution in [3.8, 4) is 0 Å². The maximum absolute atomic E-state index is 2.39. The molecule has 0 aromatic heterocycles. The first-order valence-electron chi connectivity index (χ1n) is 1.26. The van der Waals surface area contributed by atoms with Crippen molar-refractivity contribution in [1.29, 1.82) is 0 Å².